The maximum Gasteiger partial charge on any atom is 0.127 e. The highest BCUT2D eigenvalue weighted by Crippen LogP contribution is 2.32. The topological polar surface area (TPSA) is 68.3 Å². The highest BCUT2D eigenvalue weighted by Gasteiger charge is 2.10. The van der Waals surface area contributed by atoms with Crippen molar-refractivity contribution in [2.24, 2.45) is 5.73 Å². The van der Waals surface area contributed by atoms with Gasteiger partial charge in [-0.2, -0.15) is 5.26 Å². The fourth-order valence-electron chi connectivity index (χ4n) is 3.51. The molecule has 0 aliphatic heterocycles. The standard InChI is InChI=1S/C28H23BrN2O2/c29-28-24(10-5-11-26(28)22-8-2-1-3-9-22)19-32-25-13-12-23(17-31)27(15-25)33-18-21-7-4-6-20(14-21)16-30/h1-15H,17-19,31H2. The lowest BCUT2D eigenvalue weighted by Gasteiger charge is -2.15. The molecule has 0 aliphatic rings. The lowest BCUT2D eigenvalue weighted by atomic mass is 10.0. The Balaban J connectivity index is 1.48. The fourth-order valence-corrected chi connectivity index (χ4v) is 4.12. The molecule has 0 amide bonds. The molecule has 164 valence electrons. The molecule has 0 spiro atoms. The van der Waals surface area contributed by atoms with Crippen LogP contribution in [0.2, 0.25) is 0 Å². The lowest BCUT2D eigenvalue weighted by molar-refractivity contribution is 0.287. The Morgan fingerprint density at radius 1 is 0.788 bits per heavy atom. The van der Waals surface area contributed by atoms with Gasteiger partial charge in [0.2, 0.25) is 0 Å². The van der Waals surface area contributed by atoms with Crippen LogP contribution >= 0.6 is 15.9 Å². The number of nitrogens with two attached hydrogens (primary N) is 1. The van der Waals surface area contributed by atoms with Crippen LogP contribution in [0, 0.1) is 11.3 Å². The quantitative estimate of drug-likeness (QED) is 0.297. The molecule has 0 aliphatic carbocycles. The van der Waals surface area contributed by atoms with E-state index in [2.05, 4.69) is 40.2 Å². The summed E-state index contributed by atoms with van der Waals surface area (Å²) in [5.41, 5.74) is 11.6. The van der Waals surface area contributed by atoms with Gasteiger partial charge in [-0.25, -0.2) is 0 Å². The first-order valence-corrected chi connectivity index (χ1v) is 11.4. The summed E-state index contributed by atoms with van der Waals surface area (Å²) < 4.78 is 13.1. The maximum atomic E-state index is 9.09. The summed E-state index contributed by atoms with van der Waals surface area (Å²) in [6.07, 6.45) is 0. The van der Waals surface area contributed by atoms with Crippen molar-refractivity contribution in [3.8, 4) is 28.7 Å². The van der Waals surface area contributed by atoms with E-state index in [1.165, 1.54) is 0 Å². The first-order valence-electron chi connectivity index (χ1n) is 10.6. The van der Waals surface area contributed by atoms with Crippen LogP contribution in [0.25, 0.3) is 11.1 Å². The lowest BCUT2D eigenvalue weighted by Crippen LogP contribution is -2.04. The third kappa shape index (κ3) is 5.61. The number of rotatable bonds is 8. The van der Waals surface area contributed by atoms with Crippen molar-refractivity contribution in [1.29, 1.82) is 5.26 Å². The molecule has 0 saturated carbocycles. The van der Waals surface area contributed by atoms with Gasteiger partial charge in [0.15, 0.2) is 0 Å². The summed E-state index contributed by atoms with van der Waals surface area (Å²) in [4.78, 5) is 0. The number of nitrogens with zero attached hydrogens (tertiary/aromatic N) is 1. The molecule has 0 fully saturated rings. The molecule has 0 heterocycles. The first kappa shape index (κ1) is 22.6. The summed E-state index contributed by atoms with van der Waals surface area (Å²) in [5, 5.41) is 9.09. The molecule has 0 bridgehead atoms. The molecule has 5 heteroatoms. The molecule has 0 atom stereocenters. The van der Waals surface area contributed by atoms with E-state index in [0.29, 0.717) is 36.8 Å². The van der Waals surface area contributed by atoms with E-state index in [4.69, 9.17) is 20.5 Å². The normalized spacial score (nSPS) is 10.5. The Labute approximate surface area is 202 Å². The number of benzene rings is 4. The molecule has 0 saturated heterocycles. The number of ether oxygens (including phenoxy) is 2. The fraction of sp³-hybridized carbons (Fsp3) is 0.107. The van der Waals surface area contributed by atoms with Crippen molar-refractivity contribution in [3.05, 3.63) is 118 Å². The van der Waals surface area contributed by atoms with Crippen LogP contribution in [-0.4, -0.2) is 0 Å². The summed E-state index contributed by atoms with van der Waals surface area (Å²) in [6.45, 7) is 1.11. The zero-order valence-electron chi connectivity index (χ0n) is 18.0. The SMILES string of the molecule is N#Cc1cccc(COc2cc(OCc3cccc(-c4ccccc4)c3Br)ccc2CN)c1. The van der Waals surface area contributed by atoms with Crippen molar-refractivity contribution >= 4 is 15.9 Å². The maximum absolute atomic E-state index is 9.09. The van der Waals surface area contributed by atoms with E-state index in [9.17, 15) is 0 Å². The van der Waals surface area contributed by atoms with E-state index < -0.39 is 0 Å². The van der Waals surface area contributed by atoms with Crippen molar-refractivity contribution < 1.29 is 9.47 Å². The van der Waals surface area contributed by atoms with Crippen LogP contribution in [0.4, 0.5) is 0 Å². The van der Waals surface area contributed by atoms with Crippen LogP contribution in [0.3, 0.4) is 0 Å². The van der Waals surface area contributed by atoms with Crippen LogP contribution < -0.4 is 15.2 Å². The second-order valence-corrected chi connectivity index (χ2v) is 8.30. The van der Waals surface area contributed by atoms with Gasteiger partial charge in [-0.1, -0.05) is 66.7 Å². The molecule has 0 unspecified atom stereocenters. The number of hydrogen-bond donors (Lipinski definition) is 1. The minimum absolute atomic E-state index is 0.344. The van der Waals surface area contributed by atoms with Gasteiger partial charge in [0.1, 0.15) is 24.7 Å². The van der Waals surface area contributed by atoms with Gasteiger partial charge in [-0.05, 0) is 50.8 Å². The highest BCUT2D eigenvalue weighted by atomic mass is 79.9. The largest absolute Gasteiger partial charge is 0.489 e. The van der Waals surface area contributed by atoms with Gasteiger partial charge in [-0.15, -0.1) is 0 Å². The monoisotopic (exact) mass is 498 g/mol. The molecule has 4 aromatic carbocycles. The number of hydrogen-bond acceptors (Lipinski definition) is 4. The number of nitriles is 1. The molecule has 0 aromatic heterocycles. The van der Waals surface area contributed by atoms with Crippen molar-refractivity contribution in [3.63, 3.8) is 0 Å². The summed E-state index contributed by atoms with van der Waals surface area (Å²) in [5.74, 6) is 1.37. The van der Waals surface area contributed by atoms with Gasteiger partial charge in [-0.3, -0.25) is 0 Å². The van der Waals surface area contributed by atoms with Gasteiger partial charge in [0.05, 0.1) is 11.6 Å². The average molecular weight is 499 g/mol. The van der Waals surface area contributed by atoms with E-state index in [1.807, 2.05) is 66.7 Å². The van der Waals surface area contributed by atoms with Crippen LogP contribution in [0.1, 0.15) is 22.3 Å². The highest BCUT2D eigenvalue weighted by molar-refractivity contribution is 9.10. The van der Waals surface area contributed by atoms with Gasteiger partial charge in [0.25, 0.3) is 0 Å². The Morgan fingerprint density at radius 2 is 1.61 bits per heavy atom. The van der Waals surface area contributed by atoms with E-state index in [-0.39, 0.29) is 0 Å². The Bertz CT molecular complexity index is 1280. The Hall–Kier alpha value is -3.59. The molecule has 33 heavy (non-hydrogen) atoms. The molecule has 4 aromatic rings. The molecular formula is C28H23BrN2O2. The Morgan fingerprint density at radius 3 is 2.39 bits per heavy atom. The minimum Gasteiger partial charge on any atom is -0.489 e. The Kier molecular flexibility index (Phi) is 7.41. The average Bonchev–Trinajstić information content (AvgIpc) is 2.87. The third-order valence-corrected chi connectivity index (χ3v) is 6.20. The second-order valence-electron chi connectivity index (χ2n) is 7.51. The number of halogens is 1. The minimum atomic E-state index is 0.344. The molecule has 4 nitrogen and oxygen atoms in total. The molecular weight excluding hydrogens is 476 g/mol. The van der Waals surface area contributed by atoms with Crippen molar-refractivity contribution in [2.45, 2.75) is 19.8 Å². The van der Waals surface area contributed by atoms with Crippen LogP contribution in [0.15, 0.2) is 95.5 Å². The van der Waals surface area contributed by atoms with Crippen LogP contribution in [0.5, 0.6) is 11.5 Å². The third-order valence-electron chi connectivity index (χ3n) is 5.27. The smallest absolute Gasteiger partial charge is 0.127 e. The van der Waals surface area contributed by atoms with Crippen molar-refractivity contribution in [1.82, 2.24) is 0 Å². The summed E-state index contributed by atoms with van der Waals surface area (Å²) in [7, 11) is 0. The first-order chi connectivity index (χ1) is 16.2. The van der Waals surface area contributed by atoms with E-state index >= 15 is 0 Å². The van der Waals surface area contributed by atoms with Gasteiger partial charge < -0.3 is 15.2 Å². The summed E-state index contributed by atoms with van der Waals surface area (Å²) >= 11 is 3.75. The summed E-state index contributed by atoms with van der Waals surface area (Å²) in [6, 6.07) is 31.6. The zero-order chi connectivity index (χ0) is 23.0. The molecule has 2 N–H and O–H groups in total. The predicted molar refractivity (Wildman–Crippen MR) is 134 cm³/mol. The van der Waals surface area contributed by atoms with Gasteiger partial charge >= 0.3 is 0 Å². The molecule has 4 rings (SSSR count). The molecule has 0 radical (unpaired) electrons. The van der Waals surface area contributed by atoms with Gasteiger partial charge in [0, 0.05) is 28.2 Å². The zero-order valence-corrected chi connectivity index (χ0v) is 19.6. The van der Waals surface area contributed by atoms with Crippen LogP contribution in [-0.2, 0) is 19.8 Å². The van der Waals surface area contributed by atoms with E-state index in [1.54, 1.807) is 6.07 Å². The predicted octanol–water partition coefficient (Wildman–Crippen LogP) is 6.60. The van der Waals surface area contributed by atoms with Crippen molar-refractivity contribution in [2.75, 3.05) is 0 Å². The van der Waals surface area contributed by atoms with E-state index in [0.717, 1.165) is 32.3 Å². The second kappa shape index (κ2) is 10.8.